The molecule has 0 spiro atoms. The molecule has 0 amide bonds. The molecule has 0 heterocycles. The summed E-state index contributed by atoms with van der Waals surface area (Å²) in [7, 11) is 0. The van der Waals surface area contributed by atoms with Gasteiger partial charge in [-0.2, -0.15) is 0 Å². The Kier molecular flexibility index (Phi) is 22.3. The molecular weight excluding hydrogens is 378 g/mol. The lowest BCUT2D eigenvalue weighted by molar-refractivity contribution is -0.142. The van der Waals surface area contributed by atoms with Crippen LogP contribution >= 0.6 is 0 Å². The lowest BCUT2D eigenvalue weighted by Gasteiger charge is -2.08. The lowest BCUT2D eigenvalue weighted by Crippen LogP contribution is -2.15. The average molecular weight is 409 g/mol. The summed E-state index contributed by atoms with van der Waals surface area (Å²) in [4.78, 5) is 12.8. The molecule has 12 nitrogen and oxygen atoms in total. The largest absolute Gasteiger partial charge is 0.480 e. The van der Waals surface area contributed by atoms with Gasteiger partial charge in [0, 0.05) is 11.5 Å². The Morgan fingerprint density at radius 2 is 0.964 bits per heavy atom. The number of hydrogen-bond donors (Lipinski definition) is 1. The van der Waals surface area contributed by atoms with E-state index < -0.39 is 5.97 Å². The highest BCUT2D eigenvalue weighted by Gasteiger charge is 1.96. The SMILES string of the molecule is [N-]=[N+]=NCCOCCOCCOCCOCCOCCOCCOCC(=O)O. The molecule has 0 saturated heterocycles. The van der Waals surface area contributed by atoms with Crippen molar-refractivity contribution in [3.8, 4) is 0 Å². The number of rotatable bonds is 23. The lowest BCUT2D eigenvalue weighted by atomic mass is 10.6. The first-order valence-electron chi connectivity index (χ1n) is 9.04. The molecule has 164 valence electrons. The molecule has 0 rings (SSSR count). The maximum atomic E-state index is 10.2. The first-order chi connectivity index (χ1) is 13.8. The van der Waals surface area contributed by atoms with Gasteiger partial charge in [-0.05, 0) is 5.53 Å². The summed E-state index contributed by atoms with van der Waals surface area (Å²) in [5.41, 5.74) is 8.07. The van der Waals surface area contributed by atoms with Crippen molar-refractivity contribution in [3.05, 3.63) is 10.4 Å². The molecule has 0 atom stereocenters. The molecule has 28 heavy (non-hydrogen) atoms. The number of carboxylic acid groups (broad SMARTS) is 1. The van der Waals surface area contributed by atoms with Crippen LogP contribution in [0.5, 0.6) is 0 Å². The van der Waals surface area contributed by atoms with Gasteiger partial charge >= 0.3 is 5.97 Å². The molecule has 0 aliphatic carbocycles. The third-order valence-corrected chi connectivity index (χ3v) is 2.86. The molecule has 1 N–H and O–H groups in total. The molecule has 12 heteroatoms. The van der Waals surface area contributed by atoms with Gasteiger partial charge in [0.25, 0.3) is 0 Å². The Bertz CT molecular complexity index is 374. The first kappa shape index (κ1) is 26.5. The third kappa shape index (κ3) is 24.5. The van der Waals surface area contributed by atoms with Crippen LogP contribution in [0.4, 0.5) is 0 Å². The van der Waals surface area contributed by atoms with Crippen LogP contribution in [0.1, 0.15) is 0 Å². The van der Waals surface area contributed by atoms with E-state index in [0.717, 1.165) is 0 Å². The average Bonchev–Trinajstić information content (AvgIpc) is 2.68. The zero-order valence-corrected chi connectivity index (χ0v) is 16.2. The Morgan fingerprint density at radius 3 is 1.29 bits per heavy atom. The van der Waals surface area contributed by atoms with E-state index in [2.05, 4.69) is 10.0 Å². The number of ether oxygens (including phenoxy) is 7. The minimum atomic E-state index is -0.996. The quantitative estimate of drug-likeness (QED) is 0.110. The van der Waals surface area contributed by atoms with Crippen molar-refractivity contribution in [2.45, 2.75) is 0 Å². The van der Waals surface area contributed by atoms with E-state index in [4.69, 9.17) is 43.8 Å². The fourth-order valence-corrected chi connectivity index (χ4v) is 1.63. The molecule has 0 aliphatic rings. The maximum absolute atomic E-state index is 10.2. The van der Waals surface area contributed by atoms with Crippen LogP contribution in [0.15, 0.2) is 5.11 Å². The molecule has 0 saturated carbocycles. The van der Waals surface area contributed by atoms with E-state index in [1.165, 1.54) is 0 Å². The van der Waals surface area contributed by atoms with Crippen molar-refractivity contribution in [3.63, 3.8) is 0 Å². The van der Waals surface area contributed by atoms with Crippen LogP contribution in [-0.4, -0.2) is 110 Å². The van der Waals surface area contributed by atoms with Gasteiger partial charge in [0.1, 0.15) is 6.61 Å². The van der Waals surface area contributed by atoms with Gasteiger partial charge in [-0.15, -0.1) is 0 Å². The predicted octanol–water partition coefficient (Wildman–Crippen LogP) is 0.498. The molecule has 0 aromatic carbocycles. The second-order valence-corrected chi connectivity index (χ2v) is 5.08. The molecule has 0 aliphatic heterocycles. The van der Waals surface area contributed by atoms with Crippen LogP contribution in [0, 0.1) is 0 Å². The summed E-state index contributed by atoms with van der Waals surface area (Å²) < 4.78 is 36.5. The fourth-order valence-electron chi connectivity index (χ4n) is 1.63. The van der Waals surface area contributed by atoms with E-state index >= 15 is 0 Å². The first-order valence-corrected chi connectivity index (χ1v) is 9.04. The molecule has 0 bridgehead atoms. The van der Waals surface area contributed by atoms with Crippen molar-refractivity contribution in [1.29, 1.82) is 0 Å². The highest BCUT2D eigenvalue weighted by molar-refractivity contribution is 5.67. The topological polar surface area (TPSA) is 151 Å². The summed E-state index contributed by atoms with van der Waals surface area (Å²) in [5, 5.41) is 11.7. The van der Waals surface area contributed by atoms with Crippen molar-refractivity contribution in [2.75, 3.05) is 99.0 Å². The monoisotopic (exact) mass is 409 g/mol. The molecule has 0 fully saturated rings. The summed E-state index contributed by atoms with van der Waals surface area (Å²) in [5.74, 6) is -0.996. The van der Waals surface area contributed by atoms with Crippen molar-refractivity contribution < 1.29 is 43.1 Å². The fraction of sp³-hybridized carbons (Fsp3) is 0.938. The van der Waals surface area contributed by atoms with Crippen LogP contribution in [0.25, 0.3) is 10.4 Å². The van der Waals surface area contributed by atoms with Crippen LogP contribution < -0.4 is 0 Å². The number of nitrogens with zero attached hydrogens (tertiary/aromatic N) is 3. The van der Waals surface area contributed by atoms with Gasteiger partial charge < -0.3 is 38.3 Å². The highest BCUT2D eigenvalue weighted by atomic mass is 16.6. The van der Waals surface area contributed by atoms with E-state index in [-0.39, 0.29) is 13.2 Å². The number of carbonyl (C=O) groups is 1. The smallest absolute Gasteiger partial charge is 0.329 e. The summed E-state index contributed by atoms with van der Waals surface area (Å²) in [6.07, 6.45) is 0. The summed E-state index contributed by atoms with van der Waals surface area (Å²) >= 11 is 0. The molecule has 0 unspecified atom stereocenters. The Hall–Kier alpha value is -1.50. The Labute approximate surface area is 164 Å². The van der Waals surface area contributed by atoms with Crippen molar-refractivity contribution in [1.82, 2.24) is 0 Å². The van der Waals surface area contributed by atoms with E-state index in [1.54, 1.807) is 0 Å². The number of aliphatic carboxylic acids is 1. The van der Waals surface area contributed by atoms with Gasteiger partial charge in [-0.1, -0.05) is 5.11 Å². The standard InChI is InChI=1S/C16H31N3O9/c17-19-18-1-2-22-3-4-23-5-6-24-7-8-25-9-10-26-11-12-27-13-14-28-15-16(20)21/h1-15H2,(H,20,21). The van der Waals surface area contributed by atoms with Crippen molar-refractivity contribution >= 4 is 5.97 Å². The number of hydrogen-bond acceptors (Lipinski definition) is 9. The zero-order valence-electron chi connectivity index (χ0n) is 16.2. The second-order valence-electron chi connectivity index (χ2n) is 5.08. The highest BCUT2D eigenvalue weighted by Crippen LogP contribution is 1.85. The van der Waals surface area contributed by atoms with Gasteiger partial charge in [-0.3, -0.25) is 0 Å². The Morgan fingerprint density at radius 1 is 0.643 bits per heavy atom. The third-order valence-electron chi connectivity index (χ3n) is 2.86. The molecular formula is C16H31N3O9. The van der Waals surface area contributed by atoms with Crippen LogP contribution in [0.3, 0.4) is 0 Å². The Balaban J connectivity index is 3.01. The van der Waals surface area contributed by atoms with Gasteiger partial charge in [0.15, 0.2) is 0 Å². The normalized spacial score (nSPS) is 10.7. The van der Waals surface area contributed by atoms with Gasteiger partial charge in [0.2, 0.25) is 0 Å². The van der Waals surface area contributed by atoms with Gasteiger partial charge in [0.05, 0.1) is 85.9 Å². The minimum Gasteiger partial charge on any atom is -0.480 e. The summed E-state index contributed by atoms with van der Waals surface area (Å²) in [6, 6.07) is 0. The maximum Gasteiger partial charge on any atom is 0.329 e. The van der Waals surface area contributed by atoms with Crippen LogP contribution in [-0.2, 0) is 38.0 Å². The van der Waals surface area contributed by atoms with E-state index in [9.17, 15) is 4.79 Å². The molecule has 0 aromatic heterocycles. The van der Waals surface area contributed by atoms with Crippen molar-refractivity contribution in [2.24, 2.45) is 5.11 Å². The number of carboxylic acids is 1. The van der Waals surface area contributed by atoms with Crippen LogP contribution in [0.2, 0.25) is 0 Å². The zero-order chi connectivity index (χ0) is 20.5. The van der Waals surface area contributed by atoms with Gasteiger partial charge in [-0.25, -0.2) is 4.79 Å². The second kappa shape index (κ2) is 23.5. The molecule has 0 aromatic rings. The summed E-state index contributed by atoms with van der Waals surface area (Å²) in [6.45, 7) is 5.58. The molecule has 0 radical (unpaired) electrons. The minimum absolute atomic E-state index is 0.243. The number of azide groups is 1. The predicted molar refractivity (Wildman–Crippen MR) is 97.4 cm³/mol. The van der Waals surface area contributed by atoms with E-state index in [0.29, 0.717) is 85.8 Å². The van der Waals surface area contributed by atoms with E-state index in [1.807, 2.05) is 0 Å².